The first-order valence-corrected chi connectivity index (χ1v) is 6.25. The van der Waals surface area contributed by atoms with Gasteiger partial charge in [0.05, 0.1) is 0 Å². The summed E-state index contributed by atoms with van der Waals surface area (Å²) in [6, 6.07) is 1.57. The van der Waals surface area contributed by atoms with Gasteiger partial charge in [0.1, 0.15) is 0 Å². The number of hydrogen-bond donors (Lipinski definition) is 1. The van der Waals surface area contributed by atoms with E-state index in [9.17, 15) is 0 Å². The number of nitrogens with one attached hydrogen (secondary N) is 1. The molecular weight excluding hydrogens is 172 g/mol. The Bertz CT molecular complexity index is 179. The van der Waals surface area contributed by atoms with Crippen molar-refractivity contribution in [2.45, 2.75) is 51.6 Å². The molecule has 2 saturated heterocycles. The highest BCUT2D eigenvalue weighted by atomic mass is 15.2. The topological polar surface area (TPSA) is 15.3 Å². The molecular formula is C12H24N2. The zero-order valence-corrected chi connectivity index (χ0v) is 9.63. The maximum atomic E-state index is 3.70. The van der Waals surface area contributed by atoms with Crippen LogP contribution in [0.2, 0.25) is 0 Å². The molecule has 0 spiro atoms. The lowest BCUT2D eigenvalue weighted by molar-refractivity contribution is 0.116. The average molecular weight is 196 g/mol. The molecule has 2 heteroatoms. The molecule has 2 aliphatic rings. The predicted molar refractivity (Wildman–Crippen MR) is 60.5 cm³/mol. The second kappa shape index (κ2) is 4.63. The molecule has 0 saturated carbocycles. The standard InChI is InChI=1S/C12H24N2/c1-10(2)12-9-14-7-5-3-4-6-11(14)8-13-12/h10-13H,3-9H2,1-2H3/t11?,12-/m1/s1. The number of nitrogens with zero attached hydrogens (tertiary/aromatic N) is 1. The van der Waals surface area contributed by atoms with E-state index in [0.717, 1.165) is 18.0 Å². The molecule has 0 bridgehead atoms. The zero-order valence-electron chi connectivity index (χ0n) is 9.63. The minimum Gasteiger partial charge on any atom is -0.311 e. The minimum absolute atomic E-state index is 0.726. The third-order valence-corrected chi connectivity index (χ3v) is 3.85. The SMILES string of the molecule is CC(C)[C@H]1CN2CCCCCC2CN1. The molecule has 14 heavy (non-hydrogen) atoms. The molecule has 2 atom stereocenters. The summed E-state index contributed by atoms with van der Waals surface area (Å²) in [5, 5.41) is 3.70. The van der Waals surface area contributed by atoms with Crippen molar-refractivity contribution in [3.63, 3.8) is 0 Å². The van der Waals surface area contributed by atoms with E-state index in [1.807, 2.05) is 0 Å². The molecule has 1 unspecified atom stereocenters. The third-order valence-electron chi connectivity index (χ3n) is 3.85. The monoisotopic (exact) mass is 196 g/mol. The molecule has 2 rings (SSSR count). The highest BCUT2D eigenvalue weighted by molar-refractivity contribution is 4.88. The van der Waals surface area contributed by atoms with E-state index in [1.54, 1.807) is 0 Å². The molecule has 2 aliphatic heterocycles. The average Bonchev–Trinajstić information content (AvgIpc) is 2.41. The van der Waals surface area contributed by atoms with E-state index in [1.165, 1.54) is 45.3 Å². The Balaban J connectivity index is 1.93. The Morgan fingerprint density at radius 2 is 2.07 bits per heavy atom. The summed E-state index contributed by atoms with van der Waals surface area (Å²) < 4.78 is 0. The van der Waals surface area contributed by atoms with Crippen molar-refractivity contribution < 1.29 is 0 Å². The zero-order chi connectivity index (χ0) is 9.97. The second-order valence-electron chi connectivity index (χ2n) is 5.26. The highest BCUT2D eigenvalue weighted by Gasteiger charge is 2.29. The lowest BCUT2D eigenvalue weighted by Gasteiger charge is -2.41. The van der Waals surface area contributed by atoms with E-state index in [0.29, 0.717) is 0 Å². The fraction of sp³-hybridized carbons (Fsp3) is 1.00. The van der Waals surface area contributed by atoms with E-state index in [2.05, 4.69) is 24.1 Å². The smallest absolute Gasteiger partial charge is 0.0221 e. The summed E-state index contributed by atoms with van der Waals surface area (Å²) in [4.78, 5) is 2.73. The van der Waals surface area contributed by atoms with Gasteiger partial charge in [-0.05, 0) is 25.3 Å². The lowest BCUT2D eigenvalue weighted by atomic mass is 9.98. The molecule has 2 nitrogen and oxygen atoms in total. The lowest BCUT2D eigenvalue weighted by Crippen LogP contribution is -2.57. The van der Waals surface area contributed by atoms with Crippen LogP contribution in [0.1, 0.15) is 39.5 Å². The fourth-order valence-electron chi connectivity index (χ4n) is 2.76. The van der Waals surface area contributed by atoms with Gasteiger partial charge < -0.3 is 5.32 Å². The van der Waals surface area contributed by atoms with E-state index in [4.69, 9.17) is 0 Å². The van der Waals surface area contributed by atoms with Crippen LogP contribution in [-0.2, 0) is 0 Å². The summed E-state index contributed by atoms with van der Waals surface area (Å²) >= 11 is 0. The molecule has 0 aliphatic carbocycles. The third kappa shape index (κ3) is 2.29. The Labute approximate surface area is 88.1 Å². The molecule has 0 aromatic carbocycles. The molecule has 2 heterocycles. The van der Waals surface area contributed by atoms with E-state index in [-0.39, 0.29) is 0 Å². The van der Waals surface area contributed by atoms with E-state index >= 15 is 0 Å². The van der Waals surface area contributed by atoms with Crippen molar-refractivity contribution in [3.05, 3.63) is 0 Å². The minimum atomic E-state index is 0.726. The Morgan fingerprint density at radius 3 is 2.86 bits per heavy atom. The largest absolute Gasteiger partial charge is 0.311 e. The van der Waals surface area contributed by atoms with Crippen LogP contribution in [0.25, 0.3) is 0 Å². The predicted octanol–water partition coefficient (Wildman–Crippen LogP) is 1.86. The van der Waals surface area contributed by atoms with Crippen molar-refractivity contribution in [2.24, 2.45) is 5.92 Å². The Kier molecular flexibility index (Phi) is 3.45. The first kappa shape index (κ1) is 10.4. The van der Waals surface area contributed by atoms with Gasteiger partial charge in [0.15, 0.2) is 0 Å². The van der Waals surface area contributed by atoms with Crippen LogP contribution < -0.4 is 5.32 Å². The quantitative estimate of drug-likeness (QED) is 0.688. The van der Waals surface area contributed by atoms with Gasteiger partial charge in [-0.15, -0.1) is 0 Å². The maximum absolute atomic E-state index is 3.70. The summed E-state index contributed by atoms with van der Waals surface area (Å²) in [5.74, 6) is 0.777. The van der Waals surface area contributed by atoms with Crippen molar-refractivity contribution in [1.82, 2.24) is 10.2 Å². The fourth-order valence-corrected chi connectivity index (χ4v) is 2.76. The molecule has 0 aromatic rings. The highest BCUT2D eigenvalue weighted by Crippen LogP contribution is 2.21. The van der Waals surface area contributed by atoms with Crippen LogP contribution in [0, 0.1) is 5.92 Å². The van der Waals surface area contributed by atoms with Gasteiger partial charge in [0.2, 0.25) is 0 Å². The first-order valence-electron chi connectivity index (χ1n) is 6.25. The van der Waals surface area contributed by atoms with Gasteiger partial charge in [-0.25, -0.2) is 0 Å². The van der Waals surface area contributed by atoms with Crippen molar-refractivity contribution in [3.8, 4) is 0 Å². The van der Waals surface area contributed by atoms with Crippen molar-refractivity contribution >= 4 is 0 Å². The van der Waals surface area contributed by atoms with Crippen LogP contribution in [0.4, 0.5) is 0 Å². The molecule has 0 radical (unpaired) electrons. The Hall–Kier alpha value is -0.0800. The van der Waals surface area contributed by atoms with Crippen LogP contribution in [0.15, 0.2) is 0 Å². The number of fused-ring (bicyclic) bond motifs is 1. The van der Waals surface area contributed by atoms with Crippen LogP contribution >= 0.6 is 0 Å². The van der Waals surface area contributed by atoms with Gasteiger partial charge in [-0.1, -0.05) is 26.7 Å². The molecule has 0 amide bonds. The number of hydrogen-bond acceptors (Lipinski definition) is 2. The van der Waals surface area contributed by atoms with Crippen LogP contribution in [0.3, 0.4) is 0 Å². The maximum Gasteiger partial charge on any atom is 0.0221 e. The summed E-state index contributed by atoms with van der Waals surface area (Å²) in [5.41, 5.74) is 0. The Morgan fingerprint density at radius 1 is 1.21 bits per heavy atom. The van der Waals surface area contributed by atoms with Gasteiger partial charge in [0.25, 0.3) is 0 Å². The van der Waals surface area contributed by atoms with Crippen molar-refractivity contribution in [1.29, 1.82) is 0 Å². The second-order valence-corrected chi connectivity index (χ2v) is 5.26. The van der Waals surface area contributed by atoms with Crippen molar-refractivity contribution in [2.75, 3.05) is 19.6 Å². The summed E-state index contributed by atoms with van der Waals surface area (Å²) in [6.45, 7) is 8.51. The van der Waals surface area contributed by atoms with Crippen LogP contribution in [0.5, 0.6) is 0 Å². The molecule has 2 fully saturated rings. The van der Waals surface area contributed by atoms with Gasteiger partial charge in [0, 0.05) is 25.2 Å². The molecule has 82 valence electrons. The summed E-state index contributed by atoms with van der Waals surface area (Å²) in [7, 11) is 0. The summed E-state index contributed by atoms with van der Waals surface area (Å²) in [6.07, 6.45) is 5.72. The number of piperazine rings is 1. The van der Waals surface area contributed by atoms with Crippen LogP contribution in [-0.4, -0.2) is 36.6 Å². The van der Waals surface area contributed by atoms with Gasteiger partial charge in [-0.3, -0.25) is 4.90 Å². The van der Waals surface area contributed by atoms with Gasteiger partial charge in [-0.2, -0.15) is 0 Å². The molecule has 0 aromatic heterocycles. The molecule has 1 N–H and O–H groups in total. The first-order chi connectivity index (χ1) is 6.77. The number of rotatable bonds is 1. The van der Waals surface area contributed by atoms with E-state index < -0.39 is 0 Å². The normalized spacial score (nSPS) is 35.4. The van der Waals surface area contributed by atoms with Gasteiger partial charge >= 0.3 is 0 Å².